The SMILES string of the molecule is COc1c(Cl)cc(Cl)cc1[C@@H]1C(C#N)=C(N)N(C)C2=C1C(=O)CCC2. The van der Waals surface area contributed by atoms with Gasteiger partial charge in [0.1, 0.15) is 11.6 Å². The number of rotatable bonds is 2. The molecule has 0 bridgehead atoms. The lowest BCUT2D eigenvalue weighted by Crippen LogP contribution is -2.36. The zero-order valence-corrected chi connectivity index (χ0v) is 15.4. The molecule has 0 aromatic heterocycles. The van der Waals surface area contributed by atoms with Gasteiger partial charge >= 0.3 is 0 Å². The second-order valence-corrected chi connectivity index (χ2v) is 6.89. The van der Waals surface area contributed by atoms with Gasteiger partial charge in [-0.05, 0) is 25.0 Å². The van der Waals surface area contributed by atoms with Crippen molar-refractivity contribution in [2.75, 3.05) is 14.2 Å². The number of Topliss-reactive ketones (excluding diaryl/α,β-unsaturated/α-hetero) is 1. The summed E-state index contributed by atoms with van der Waals surface area (Å²) >= 11 is 12.5. The first-order valence-corrected chi connectivity index (χ1v) is 8.58. The normalized spacial score (nSPS) is 20.5. The molecule has 3 rings (SSSR count). The van der Waals surface area contributed by atoms with Gasteiger partial charge in [0.15, 0.2) is 5.78 Å². The summed E-state index contributed by atoms with van der Waals surface area (Å²) in [7, 11) is 3.27. The first kappa shape index (κ1) is 17.7. The average Bonchev–Trinajstić information content (AvgIpc) is 2.57. The van der Waals surface area contributed by atoms with E-state index >= 15 is 0 Å². The predicted molar refractivity (Wildman–Crippen MR) is 96.2 cm³/mol. The summed E-state index contributed by atoms with van der Waals surface area (Å²) in [6.07, 6.45) is 1.93. The molecular weight excluding hydrogens is 361 g/mol. The summed E-state index contributed by atoms with van der Waals surface area (Å²) in [6.45, 7) is 0. The summed E-state index contributed by atoms with van der Waals surface area (Å²) in [4.78, 5) is 14.5. The fourth-order valence-electron chi connectivity index (χ4n) is 3.58. The predicted octanol–water partition coefficient (Wildman–Crippen LogP) is 3.73. The van der Waals surface area contributed by atoms with Gasteiger partial charge in [-0.3, -0.25) is 4.79 Å². The molecule has 1 aromatic rings. The third-order valence-corrected chi connectivity index (χ3v) is 5.22. The number of methoxy groups -OCH3 is 1. The number of allylic oxidation sites excluding steroid dienone is 3. The van der Waals surface area contributed by atoms with Crippen LogP contribution in [0.1, 0.15) is 30.7 Å². The molecule has 1 heterocycles. The van der Waals surface area contributed by atoms with Crippen molar-refractivity contribution in [3.63, 3.8) is 0 Å². The Balaban J connectivity index is 2.34. The van der Waals surface area contributed by atoms with Crippen molar-refractivity contribution in [2.24, 2.45) is 5.73 Å². The summed E-state index contributed by atoms with van der Waals surface area (Å²) in [6, 6.07) is 5.41. The van der Waals surface area contributed by atoms with E-state index in [1.165, 1.54) is 7.11 Å². The number of carbonyl (C=O) groups excluding carboxylic acids is 1. The van der Waals surface area contributed by atoms with Crippen LogP contribution < -0.4 is 10.5 Å². The largest absolute Gasteiger partial charge is 0.495 e. The minimum Gasteiger partial charge on any atom is -0.495 e. The highest BCUT2D eigenvalue weighted by Gasteiger charge is 2.40. The molecule has 2 N–H and O–H groups in total. The van der Waals surface area contributed by atoms with Crippen molar-refractivity contribution < 1.29 is 9.53 Å². The molecule has 25 heavy (non-hydrogen) atoms. The summed E-state index contributed by atoms with van der Waals surface area (Å²) in [5.74, 6) is 0.108. The van der Waals surface area contributed by atoms with Crippen LogP contribution >= 0.6 is 23.2 Å². The molecule has 1 aliphatic heterocycles. The lowest BCUT2D eigenvalue weighted by molar-refractivity contribution is -0.116. The van der Waals surface area contributed by atoms with Crippen molar-refractivity contribution in [2.45, 2.75) is 25.2 Å². The van der Waals surface area contributed by atoms with E-state index < -0.39 is 5.92 Å². The van der Waals surface area contributed by atoms with E-state index in [2.05, 4.69) is 6.07 Å². The maximum absolute atomic E-state index is 12.7. The lowest BCUT2D eigenvalue weighted by atomic mass is 9.75. The number of halogens is 2. The van der Waals surface area contributed by atoms with Crippen LogP contribution in [0.5, 0.6) is 5.75 Å². The minimum atomic E-state index is -0.629. The van der Waals surface area contributed by atoms with Crippen LogP contribution in [0.4, 0.5) is 0 Å². The Morgan fingerprint density at radius 2 is 2.08 bits per heavy atom. The molecule has 0 radical (unpaired) electrons. The van der Waals surface area contributed by atoms with Gasteiger partial charge in [0, 0.05) is 35.3 Å². The smallest absolute Gasteiger partial charge is 0.161 e. The van der Waals surface area contributed by atoms with Crippen molar-refractivity contribution in [1.82, 2.24) is 4.90 Å². The van der Waals surface area contributed by atoms with Gasteiger partial charge in [0.05, 0.1) is 29.7 Å². The van der Waals surface area contributed by atoms with E-state index in [0.29, 0.717) is 44.7 Å². The van der Waals surface area contributed by atoms with Crippen molar-refractivity contribution >= 4 is 29.0 Å². The number of benzene rings is 1. The van der Waals surface area contributed by atoms with Crippen LogP contribution in [0.2, 0.25) is 10.0 Å². The number of hydrogen-bond donors (Lipinski definition) is 1. The van der Waals surface area contributed by atoms with Crippen molar-refractivity contribution in [3.8, 4) is 11.8 Å². The second-order valence-electron chi connectivity index (χ2n) is 6.05. The van der Waals surface area contributed by atoms with Crippen LogP contribution in [0.25, 0.3) is 0 Å². The van der Waals surface area contributed by atoms with Gasteiger partial charge in [0.2, 0.25) is 0 Å². The van der Waals surface area contributed by atoms with Crippen LogP contribution in [0.3, 0.4) is 0 Å². The summed E-state index contributed by atoms with van der Waals surface area (Å²) in [5.41, 5.74) is 8.51. The van der Waals surface area contributed by atoms with E-state index in [1.807, 2.05) is 0 Å². The molecule has 2 aliphatic rings. The highest BCUT2D eigenvalue weighted by atomic mass is 35.5. The van der Waals surface area contributed by atoms with Gasteiger partial charge < -0.3 is 15.4 Å². The second kappa shape index (κ2) is 6.62. The van der Waals surface area contributed by atoms with Gasteiger partial charge in [-0.2, -0.15) is 5.26 Å². The number of ether oxygens (including phenoxy) is 1. The number of carbonyl (C=O) groups is 1. The fourth-order valence-corrected chi connectivity index (χ4v) is 4.17. The number of nitrogens with two attached hydrogens (primary N) is 1. The van der Waals surface area contributed by atoms with E-state index in [1.54, 1.807) is 24.1 Å². The highest BCUT2D eigenvalue weighted by molar-refractivity contribution is 6.35. The molecule has 0 amide bonds. The molecular formula is C18H17Cl2N3O2. The molecule has 1 aliphatic carbocycles. The van der Waals surface area contributed by atoms with E-state index in [-0.39, 0.29) is 5.78 Å². The third-order valence-electron chi connectivity index (χ3n) is 4.72. The Bertz CT molecular complexity index is 868. The third kappa shape index (κ3) is 2.76. The topological polar surface area (TPSA) is 79.3 Å². The Morgan fingerprint density at radius 3 is 2.72 bits per heavy atom. The summed E-state index contributed by atoms with van der Waals surface area (Å²) in [5, 5.41) is 10.5. The molecule has 0 saturated heterocycles. The Kier molecular flexibility index (Phi) is 4.68. The van der Waals surface area contributed by atoms with Gasteiger partial charge in [-0.1, -0.05) is 23.2 Å². The zero-order valence-electron chi connectivity index (χ0n) is 13.9. The number of nitrogens with zero attached hydrogens (tertiary/aromatic N) is 2. The Hall–Kier alpha value is -2.16. The molecule has 0 spiro atoms. The molecule has 0 fully saturated rings. The standard InChI is InChI=1S/C18H17Cl2N3O2/c1-23-13-4-3-5-14(24)16(13)15(11(8-21)18(23)22)10-6-9(19)7-12(20)17(10)25-2/h6-7,15H,3-5,22H2,1-2H3/t15-/m1/s1. The summed E-state index contributed by atoms with van der Waals surface area (Å²) < 4.78 is 5.44. The first-order valence-electron chi connectivity index (χ1n) is 7.83. The molecule has 1 atom stereocenters. The fraction of sp³-hybridized carbons (Fsp3) is 0.333. The quantitative estimate of drug-likeness (QED) is 0.848. The number of ketones is 1. The first-order chi connectivity index (χ1) is 11.9. The van der Waals surface area contributed by atoms with E-state index in [4.69, 9.17) is 33.7 Å². The van der Waals surface area contributed by atoms with Crippen LogP contribution in [0.15, 0.2) is 34.8 Å². The van der Waals surface area contributed by atoms with E-state index in [0.717, 1.165) is 18.5 Å². The van der Waals surface area contributed by atoms with Crippen LogP contribution in [-0.2, 0) is 4.79 Å². The maximum atomic E-state index is 12.7. The lowest BCUT2D eigenvalue weighted by Gasteiger charge is -2.38. The maximum Gasteiger partial charge on any atom is 0.161 e. The zero-order chi connectivity index (χ0) is 18.3. The van der Waals surface area contributed by atoms with E-state index in [9.17, 15) is 10.1 Å². The van der Waals surface area contributed by atoms with Gasteiger partial charge in [-0.25, -0.2) is 0 Å². The van der Waals surface area contributed by atoms with Gasteiger partial charge in [0.25, 0.3) is 0 Å². The molecule has 130 valence electrons. The molecule has 7 heteroatoms. The van der Waals surface area contributed by atoms with Gasteiger partial charge in [-0.15, -0.1) is 0 Å². The molecule has 0 unspecified atom stereocenters. The minimum absolute atomic E-state index is 0.0106. The van der Waals surface area contributed by atoms with Crippen LogP contribution in [0, 0.1) is 11.3 Å². The number of nitriles is 1. The van der Waals surface area contributed by atoms with Crippen LogP contribution in [-0.4, -0.2) is 24.8 Å². The Labute approximate surface area is 156 Å². The molecule has 5 nitrogen and oxygen atoms in total. The molecule has 1 aromatic carbocycles. The monoisotopic (exact) mass is 377 g/mol. The highest BCUT2D eigenvalue weighted by Crippen LogP contribution is 2.48. The van der Waals surface area contributed by atoms with Crippen molar-refractivity contribution in [3.05, 3.63) is 50.4 Å². The number of hydrogen-bond acceptors (Lipinski definition) is 5. The Morgan fingerprint density at radius 1 is 1.36 bits per heavy atom. The van der Waals surface area contributed by atoms with Crippen molar-refractivity contribution in [1.29, 1.82) is 5.26 Å². The molecule has 0 saturated carbocycles. The average molecular weight is 378 g/mol.